The van der Waals surface area contributed by atoms with Crippen LogP contribution in [0.4, 0.5) is 5.69 Å². The molecule has 0 saturated carbocycles. The first-order valence-electron chi connectivity index (χ1n) is 5.18. The van der Waals surface area contributed by atoms with E-state index in [-0.39, 0.29) is 0 Å². The van der Waals surface area contributed by atoms with E-state index in [0.717, 1.165) is 11.4 Å². The number of anilines is 1. The molecule has 82 valence electrons. The van der Waals surface area contributed by atoms with Gasteiger partial charge >= 0.3 is 0 Å². The zero-order chi connectivity index (χ0) is 11.4. The monoisotopic (exact) mass is 197 g/mol. The summed E-state index contributed by atoms with van der Waals surface area (Å²) in [4.78, 5) is 0. The third kappa shape index (κ3) is 6.35. The van der Waals surface area contributed by atoms with Crippen molar-refractivity contribution in [2.24, 2.45) is 0 Å². The van der Waals surface area contributed by atoms with Crippen LogP contribution in [0.25, 0.3) is 0 Å². The third-order valence-corrected chi connectivity index (χ3v) is 1.38. The minimum absolute atomic E-state index is 0.888. The van der Waals surface area contributed by atoms with E-state index in [2.05, 4.69) is 5.32 Å². The molecule has 1 rings (SSSR count). The number of ether oxygens (including phenoxy) is 1. The van der Waals surface area contributed by atoms with E-state index in [1.807, 2.05) is 59.0 Å². The molecule has 0 saturated heterocycles. The summed E-state index contributed by atoms with van der Waals surface area (Å²) >= 11 is 0. The van der Waals surface area contributed by atoms with E-state index in [1.165, 1.54) is 0 Å². The molecule has 0 bridgehead atoms. The van der Waals surface area contributed by atoms with Crippen LogP contribution in [0.5, 0.6) is 5.75 Å². The Morgan fingerprint density at radius 3 is 1.64 bits per heavy atom. The second kappa shape index (κ2) is 11.8. The number of rotatable bonds is 2. The van der Waals surface area contributed by atoms with Gasteiger partial charge in [-0.25, -0.2) is 0 Å². The van der Waals surface area contributed by atoms with Gasteiger partial charge in [-0.15, -0.1) is 0 Å². The van der Waals surface area contributed by atoms with Crippen LogP contribution in [0, 0.1) is 0 Å². The second-order valence-corrected chi connectivity index (χ2v) is 1.98. The molecule has 1 N–H and O–H groups in total. The van der Waals surface area contributed by atoms with Gasteiger partial charge in [0.05, 0.1) is 7.11 Å². The molecule has 2 heteroatoms. The van der Waals surface area contributed by atoms with E-state index >= 15 is 0 Å². The first-order chi connectivity index (χ1) is 6.86. The van der Waals surface area contributed by atoms with Gasteiger partial charge in [-0.1, -0.05) is 27.7 Å². The normalized spacial score (nSPS) is 7.29. The molecule has 0 unspecified atom stereocenters. The van der Waals surface area contributed by atoms with Crippen molar-refractivity contribution in [3.63, 3.8) is 0 Å². The molecular formula is C12H23NO. The van der Waals surface area contributed by atoms with E-state index in [1.54, 1.807) is 7.11 Å². The fraction of sp³-hybridized carbons (Fsp3) is 0.500. The molecule has 0 aliphatic rings. The molecule has 0 amide bonds. The molecule has 0 spiro atoms. The molecule has 14 heavy (non-hydrogen) atoms. The molecule has 0 radical (unpaired) electrons. The summed E-state index contributed by atoms with van der Waals surface area (Å²) in [6, 6.07) is 7.79. The average Bonchev–Trinajstić information content (AvgIpc) is 2.34. The Kier molecular flexibility index (Phi) is 12.9. The molecule has 0 fully saturated rings. The maximum atomic E-state index is 4.99. The predicted octanol–water partition coefficient (Wildman–Crippen LogP) is 3.79. The van der Waals surface area contributed by atoms with E-state index in [9.17, 15) is 0 Å². The molecule has 0 aliphatic heterocycles. The molecule has 0 heterocycles. The quantitative estimate of drug-likeness (QED) is 0.779. The molecule has 0 aromatic heterocycles. The second-order valence-electron chi connectivity index (χ2n) is 1.98. The highest BCUT2D eigenvalue weighted by molar-refractivity contribution is 5.45. The molecule has 0 atom stereocenters. The fourth-order valence-electron chi connectivity index (χ4n) is 0.758. The lowest BCUT2D eigenvalue weighted by molar-refractivity contribution is 0.415. The van der Waals surface area contributed by atoms with Gasteiger partial charge in [0.25, 0.3) is 0 Å². The highest BCUT2D eigenvalue weighted by Crippen LogP contribution is 2.13. The van der Waals surface area contributed by atoms with Crippen LogP contribution in [0.3, 0.4) is 0 Å². The maximum absolute atomic E-state index is 4.99. The SMILES string of the molecule is CC.CC.CNc1ccc(OC)cc1. The molecule has 1 aromatic rings. The summed E-state index contributed by atoms with van der Waals surface area (Å²) in [6.45, 7) is 8.00. The van der Waals surface area contributed by atoms with Crippen molar-refractivity contribution in [3.05, 3.63) is 24.3 Å². The van der Waals surface area contributed by atoms with Crippen LogP contribution in [0.2, 0.25) is 0 Å². The topological polar surface area (TPSA) is 21.3 Å². The number of methoxy groups -OCH3 is 1. The molecular weight excluding hydrogens is 174 g/mol. The Hall–Kier alpha value is -1.18. The van der Waals surface area contributed by atoms with Gasteiger partial charge in [0, 0.05) is 12.7 Å². The van der Waals surface area contributed by atoms with E-state index in [4.69, 9.17) is 4.74 Å². The van der Waals surface area contributed by atoms with Crippen molar-refractivity contribution in [2.75, 3.05) is 19.5 Å². The summed E-state index contributed by atoms with van der Waals surface area (Å²) in [6.07, 6.45) is 0. The van der Waals surface area contributed by atoms with Gasteiger partial charge in [0.1, 0.15) is 5.75 Å². The van der Waals surface area contributed by atoms with Gasteiger partial charge in [-0.05, 0) is 24.3 Å². The highest BCUT2D eigenvalue weighted by Gasteiger charge is 1.88. The smallest absolute Gasteiger partial charge is 0.119 e. The summed E-state index contributed by atoms with van der Waals surface area (Å²) in [5, 5.41) is 3.02. The largest absolute Gasteiger partial charge is 0.497 e. The summed E-state index contributed by atoms with van der Waals surface area (Å²) < 4.78 is 4.99. The molecule has 0 aliphatic carbocycles. The van der Waals surface area contributed by atoms with E-state index in [0.29, 0.717) is 0 Å². The van der Waals surface area contributed by atoms with Gasteiger partial charge in [0.15, 0.2) is 0 Å². The van der Waals surface area contributed by atoms with Crippen LogP contribution in [0.1, 0.15) is 27.7 Å². The van der Waals surface area contributed by atoms with Crippen molar-refractivity contribution < 1.29 is 4.74 Å². The first-order valence-corrected chi connectivity index (χ1v) is 5.18. The lowest BCUT2D eigenvalue weighted by atomic mass is 10.3. The van der Waals surface area contributed by atoms with Crippen molar-refractivity contribution in [1.29, 1.82) is 0 Å². The highest BCUT2D eigenvalue weighted by atomic mass is 16.5. The molecule has 2 nitrogen and oxygen atoms in total. The summed E-state index contributed by atoms with van der Waals surface area (Å²) in [7, 11) is 3.55. The van der Waals surface area contributed by atoms with Gasteiger partial charge in [-0.3, -0.25) is 0 Å². The standard InChI is InChI=1S/C8H11NO.2C2H6/c1-9-7-3-5-8(10-2)6-4-7;2*1-2/h3-6,9H,1-2H3;2*1-2H3. The van der Waals surface area contributed by atoms with Crippen LogP contribution in [-0.2, 0) is 0 Å². The van der Waals surface area contributed by atoms with Crippen LogP contribution in [-0.4, -0.2) is 14.2 Å². The Bertz CT molecular complexity index is 171. The van der Waals surface area contributed by atoms with Crippen molar-refractivity contribution >= 4 is 5.69 Å². The van der Waals surface area contributed by atoms with Gasteiger partial charge in [-0.2, -0.15) is 0 Å². The molecule has 1 aromatic carbocycles. The minimum Gasteiger partial charge on any atom is -0.497 e. The van der Waals surface area contributed by atoms with Crippen LogP contribution in [0.15, 0.2) is 24.3 Å². The number of benzene rings is 1. The van der Waals surface area contributed by atoms with E-state index < -0.39 is 0 Å². The number of hydrogen-bond donors (Lipinski definition) is 1. The van der Waals surface area contributed by atoms with Crippen LogP contribution < -0.4 is 10.1 Å². The van der Waals surface area contributed by atoms with Crippen molar-refractivity contribution in [2.45, 2.75) is 27.7 Å². The summed E-state index contributed by atoms with van der Waals surface area (Å²) in [5.41, 5.74) is 1.10. The van der Waals surface area contributed by atoms with Crippen molar-refractivity contribution in [3.8, 4) is 5.75 Å². The zero-order valence-electron chi connectivity index (χ0n) is 10.2. The zero-order valence-corrected chi connectivity index (χ0v) is 10.2. The van der Waals surface area contributed by atoms with Crippen LogP contribution >= 0.6 is 0 Å². The average molecular weight is 197 g/mol. The first kappa shape index (κ1) is 15.3. The predicted molar refractivity (Wildman–Crippen MR) is 65.2 cm³/mol. The maximum Gasteiger partial charge on any atom is 0.119 e. The van der Waals surface area contributed by atoms with Gasteiger partial charge < -0.3 is 10.1 Å². The Labute approximate surface area is 88.3 Å². The lowest BCUT2D eigenvalue weighted by Gasteiger charge is -2.00. The minimum atomic E-state index is 0.888. The lowest BCUT2D eigenvalue weighted by Crippen LogP contribution is -1.87. The number of nitrogens with one attached hydrogen (secondary N) is 1. The Morgan fingerprint density at radius 2 is 1.36 bits per heavy atom. The van der Waals surface area contributed by atoms with Crippen molar-refractivity contribution in [1.82, 2.24) is 0 Å². The summed E-state index contributed by atoms with van der Waals surface area (Å²) in [5.74, 6) is 0.888. The Morgan fingerprint density at radius 1 is 0.929 bits per heavy atom. The van der Waals surface area contributed by atoms with Gasteiger partial charge in [0.2, 0.25) is 0 Å². The Balaban J connectivity index is 0. The third-order valence-electron chi connectivity index (χ3n) is 1.38. The number of hydrogen-bond acceptors (Lipinski definition) is 2. The fourth-order valence-corrected chi connectivity index (χ4v) is 0.758.